The highest BCUT2D eigenvalue weighted by molar-refractivity contribution is 14.0. The normalized spacial score (nSPS) is 10.9. The van der Waals surface area contributed by atoms with Crippen molar-refractivity contribution in [3.8, 4) is 5.75 Å². The molecule has 0 amide bonds. The van der Waals surface area contributed by atoms with E-state index in [9.17, 15) is 8.78 Å². The van der Waals surface area contributed by atoms with Crippen LogP contribution in [0, 0.1) is 11.6 Å². The minimum atomic E-state index is -0.727. The van der Waals surface area contributed by atoms with Gasteiger partial charge in [-0.3, -0.25) is 9.67 Å². The van der Waals surface area contributed by atoms with Gasteiger partial charge in [0.15, 0.2) is 17.5 Å². The van der Waals surface area contributed by atoms with Gasteiger partial charge < -0.3 is 15.4 Å². The molecule has 0 aliphatic rings. The summed E-state index contributed by atoms with van der Waals surface area (Å²) in [7, 11) is 3.43. The third-order valence-electron chi connectivity index (χ3n) is 2.99. The number of nitrogens with one attached hydrogen (secondary N) is 2. The Bertz CT molecular complexity index is 679. The van der Waals surface area contributed by atoms with Crippen LogP contribution in [-0.2, 0) is 13.6 Å². The predicted molar refractivity (Wildman–Crippen MR) is 96.5 cm³/mol. The van der Waals surface area contributed by atoms with Crippen LogP contribution in [0.4, 0.5) is 8.78 Å². The van der Waals surface area contributed by atoms with Crippen LogP contribution >= 0.6 is 24.0 Å². The number of guanidine groups is 1. The average Bonchev–Trinajstić information content (AvgIpc) is 2.93. The number of aliphatic imine (C=N–C) groups is 1. The molecule has 1 heterocycles. The van der Waals surface area contributed by atoms with Crippen molar-refractivity contribution in [2.24, 2.45) is 12.0 Å². The van der Waals surface area contributed by atoms with Crippen LogP contribution in [0.5, 0.6) is 5.75 Å². The summed E-state index contributed by atoms with van der Waals surface area (Å²) in [5.74, 6) is -0.0415. The van der Waals surface area contributed by atoms with Crippen LogP contribution in [0.3, 0.4) is 0 Å². The quantitative estimate of drug-likeness (QED) is 0.301. The number of halogens is 3. The van der Waals surface area contributed by atoms with Gasteiger partial charge in [-0.25, -0.2) is 13.8 Å². The summed E-state index contributed by atoms with van der Waals surface area (Å²) >= 11 is 0. The number of aryl methyl sites for hydroxylation is 1. The van der Waals surface area contributed by atoms with Crippen LogP contribution in [-0.4, -0.2) is 40.9 Å². The molecule has 0 saturated carbocycles. The summed E-state index contributed by atoms with van der Waals surface area (Å²) in [6, 6.07) is 3.18. The Hall–Kier alpha value is -1.98. The molecule has 2 aromatic rings. The highest BCUT2D eigenvalue weighted by atomic mass is 127. The van der Waals surface area contributed by atoms with Crippen LogP contribution in [0.2, 0.25) is 0 Å². The number of benzene rings is 1. The minimum Gasteiger partial charge on any atom is -0.489 e. The van der Waals surface area contributed by atoms with E-state index in [-0.39, 0.29) is 36.3 Å². The molecule has 132 valence electrons. The van der Waals surface area contributed by atoms with E-state index >= 15 is 0 Å². The van der Waals surface area contributed by atoms with Crippen molar-refractivity contribution in [1.82, 2.24) is 25.4 Å². The second-order valence-electron chi connectivity index (χ2n) is 4.58. The number of nitrogens with zero attached hydrogens (tertiary/aromatic N) is 4. The fraction of sp³-hybridized carbons (Fsp3) is 0.357. The lowest BCUT2D eigenvalue weighted by Gasteiger charge is -2.12. The molecular weight excluding hydrogens is 433 g/mol. The van der Waals surface area contributed by atoms with Gasteiger partial charge >= 0.3 is 0 Å². The topological polar surface area (TPSA) is 76.4 Å². The summed E-state index contributed by atoms with van der Waals surface area (Å²) < 4.78 is 33.1. The van der Waals surface area contributed by atoms with E-state index < -0.39 is 11.6 Å². The lowest BCUT2D eigenvalue weighted by Crippen LogP contribution is -2.39. The zero-order valence-electron chi connectivity index (χ0n) is 13.3. The summed E-state index contributed by atoms with van der Waals surface area (Å²) in [6.07, 6.45) is 1.47. The Balaban J connectivity index is 0.00000288. The number of hydrogen-bond donors (Lipinski definition) is 2. The van der Waals surface area contributed by atoms with Crippen LogP contribution < -0.4 is 15.4 Å². The molecule has 0 aliphatic heterocycles. The fourth-order valence-corrected chi connectivity index (χ4v) is 1.79. The molecule has 0 spiro atoms. The van der Waals surface area contributed by atoms with Gasteiger partial charge in [0.25, 0.3) is 0 Å². The van der Waals surface area contributed by atoms with Crippen LogP contribution in [0.15, 0.2) is 29.5 Å². The second-order valence-corrected chi connectivity index (χ2v) is 4.58. The molecule has 0 saturated heterocycles. The summed E-state index contributed by atoms with van der Waals surface area (Å²) in [5, 5.41) is 10.0. The van der Waals surface area contributed by atoms with Gasteiger partial charge in [-0.1, -0.05) is 0 Å². The highest BCUT2D eigenvalue weighted by Crippen LogP contribution is 2.17. The number of ether oxygens (including phenoxy) is 1. The average molecular weight is 452 g/mol. The first kappa shape index (κ1) is 20.1. The lowest BCUT2D eigenvalue weighted by molar-refractivity contribution is 0.304. The monoisotopic (exact) mass is 452 g/mol. The Morgan fingerprint density at radius 3 is 2.75 bits per heavy atom. The molecule has 24 heavy (non-hydrogen) atoms. The van der Waals surface area contributed by atoms with E-state index in [0.29, 0.717) is 19.0 Å². The van der Waals surface area contributed by atoms with E-state index in [1.165, 1.54) is 12.4 Å². The molecule has 0 fully saturated rings. The van der Waals surface area contributed by atoms with Crippen molar-refractivity contribution in [3.05, 3.63) is 42.0 Å². The van der Waals surface area contributed by atoms with Crippen molar-refractivity contribution in [2.75, 3.05) is 20.2 Å². The molecular formula is C14H19F2IN6O. The van der Waals surface area contributed by atoms with Crippen molar-refractivity contribution in [3.63, 3.8) is 0 Å². The summed E-state index contributed by atoms with van der Waals surface area (Å²) in [5.41, 5.74) is 0. The molecule has 0 aliphatic carbocycles. The molecule has 1 aromatic heterocycles. The maximum absolute atomic E-state index is 13.4. The van der Waals surface area contributed by atoms with Crippen molar-refractivity contribution >= 4 is 29.9 Å². The number of rotatable bonds is 6. The van der Waals surface area contributed by atoms with Gasteiger partial charge in [-0.2, -0.15) is 5.10 Å². The largest absolute Gasteiger partial charge is 0.489 e. The molecule has 2 N–H and O–H groups in total. The van der Waals surface area contributed by atoms with Gasteiger partial charge in [0.1, 0.15) is 24.6 Å². The zero-order valence-corrected chi connectivity index (χ0v) is 15.6. The van der Waals surface area contributed by atoms with Crippen molar-refractivity contribution in [2.45, 2.75) is 6.54 Å². The SMILES string of the molecule is CN=C(NCCOc1ccc(F)cc1F)NCc1ncnn1C.I. The second kappa shape index (κ2) is 10.0. The van der Waals surface area contributed by atoms with E-state index in [1.54, 1.807) is 18.8 Å². The van der Waals surface area contributed by atoms with Gasteiger partial charge in [0, 0.05) is 20.2 Å². The molecule has 2 rings (SSSR count). The van der Waals surface area contributed by atoms with Crippen LogP contribution in [0.1, 0.15) is 5.82 Å². The van der Waals surface area contributed by atoms with E-state index in [0.717, 1.165) is 18.0 Å². The standard InChI is InChI=1S/C14H18F2N6O.HI/c1-17-14(19-8-13-20-9-21-22(13)2)18-5-6-23-12-4-3-10(15)7-11(12)16;/h3-4,7,9H,5-6,8H2,1-2H3,(H2,17,18,19);1H. The first-order chi connectivity index (χ1) is 11.1. The molecule has 0 atom stereocenters. The van der Waals surface area contributed by atoms with Gasteiger partial charge in [0.05, 0.1) is 13.1 Å². The highest BCUT2D eigenvalue weighted by Gasteiger charge is 2.05. The summed E-state index contributed by atoms with van der Waals surface area (Å²) in [4.78, 5) is 8.13. The minimum absolute atomic E-state index is 0. The van der Waals surface area contributed by atoms with Gasteiger partial charge in [-0.15, -0.1) is 24.0 Å². The third kappa shape index (κ3) is 5.91. The predicted octanol–water partition coefficient (Wildman–Crippen LogP) is 1.46. The molecule has 10 heteroatoms. The first-order valence-corrected chi connectivity index (χ1v) is 6.95. The van der Waals surface area contributed by atoms with Crippen molar-refractivity contribution < 1.29 is 13.5 Å². The Labute approximate surface area is 155 Å². The number of aromatic nitrogens is 3. The number of hydrogen-bond acceptors (Lipinski definition) is 4. The molecule has 1 aromatic carbocycles. The first-order valence-electron chi connectivity index (χ1n) is 6.95. The molecule has 7 nitrogen and oxygen atoms in total. The molecule has 0 unspecified atom stereocenters. The third-order valence-corrected chi connectivity index (χ3v) is 2.99. The Morgan fingerprint density at radius 1 is 1.33 bits per heavy atom. The van der Waals surface area contributed by atoms with E-state index in [4.69, 9.17) is 4.74 Å². The zero-order chi connectivity index (χ0) is 16.7. The van der Waals surface area contributed by atoms with Gasteiger partial charge in [0.2, 0.25) is 0 Å². The Morgan fingerprint density at radius 2 is 2.12 bits per heavy atom. The maximum atomic E-state index is 13.4. The lowest BCUT2D eigenvalue weighted by atomic mass is 10.3. The van der Waals surface area contributed by atoms with Crippen LogP contribution in [0.25, 0.3) is 0 Å². The smallest absolute Gasteiger partial charge is 0.191 e. The van der Waals surface area contributed by atoms with Crippen molar-refractivity contribution in [1.29, 1.82) is 0 Å². The van der Waals surface area contributed by atoms with E-state index in [2.05, 4.69) is 25.7 Å². The molecule has 0 radical (unpaired) electrons. The molecule has 0 bridgehead atoms. The van der Waals surface area contributed by atoms with E-state index in [1.807, 2.05) is 0 Å². The Kier molecular flexibility index (Phi) is 8.36. The fourth-order valence-electron chi connectivity index (χ4n) is 1.79. The maximum Gasteiger partial charge on any atom is 0.191 e. The van der Waals surface area contributed by atoms with Gasteiger partial charge in [-0.05, 0) is 12.1 Å². The summed E-state index contributed by atoms with van der Waals surface area (Å²) in [6.45, 7) is 1.06.